The molecule has 2 aromatic rings. The topological polar surface area (TPSA) is 80.5 Å². The van der Waals surface area contributed by atoms with Gasteiger partial charge in [0, 0.05) is 12.6 Å². The molecule has 3 saturated heterocycles. The minimum atomic E-state index is -0.0218. The molecule has 3 aliphatic heterocycles. The van der Waals surface area contributed by atoms with Gasteiger partial charge in [-0.1, -0.05) is 5.10 Å². The number of amides is 1. The van der Waals surface area contributed by atoms with E-state index in [0.717, 1.165) is 11.4 Å². The number of nitrogens with one attached hydrogen (secondary N) is 1. The predicted octanol–water partition coefficient (Wildman–Crippen LogP) is 1.63. The van der Waals surface area contributed by atoms with Crippen molar-refractivity contribution in [2.75, 3.05) is 26.7 Å². The third-order valence-electron chi connectivity index (χ3n) is 4.59. The van der Waals surface area contributed by atoms with E-state index in [1.807, 2.05) is 6.07 Å². The molecule has 3 fully saturated rings. The van der Waals surface area contributed by atoms with Crippen molar-refractivity contribution in [3.8, 4) is 16.8 Å². The molecule has 0 radical (unpaired) electrons. The van der Waals surface area contributed by atoms with Crippen LogP contribution in [0.5, 0.6) is 6.08 Å². The van der Waals surface area contributed by atoms with Crippen molar-refractivity contribution in [3.05, 3.63) is 17.0 Å². The minimum Gasteiger partial charge on any atom is -0.452 e. The van der Waals surface area contributed by atoms with Crippen LogP contribution in [0.4, 0.5) is 0 Å². The molecule has 5 rings (SSSR count). The molecule has 1 amide bonds. The molecule has 2 aromatic heterocycles. The van der Waals surface area contributed by atoms with Crippen LogP contribution < -0.4 is 10.1 Å². The van der Waals surface area contributed by atoms with Crippen molar-refractivity contribution in [1.82, 2.24) is 20.4 Å². The number of carbonyl (C=O) groups excluding carboxylic acids is 1. The number of ether oxygens (including phenoxy) is 1. The third kappa shape index (κ3) is 2.84. The lowest BCUT2D eigenvalue weighted by Crippen LogP contribution is -2.57. The Morgan fingerprint density at radius 1 is 1.39 bits per heavy atom. The van der Waals surface area contributed by atoms with E-state index in [1.54, 1.807) is 6.07 Å². The number of thiophene rings is 1. The molecule has 0 saturated carbocycles. The summed E-state index contributed by atoms with van der Waals surface area (Å²) in [6.07, 6.45) is 2.48. The van der Waals surface area contributed by atoms with Gasteiger partial charge >= 0.3 is 6.08 Å². The lowest BCUT2D eigenvalue weighted by atomic mass is 9.84. The average molecular weight is 334 g/mol. The van der Waals surface area contributed by atoms with Gasteiger partial charge in [-0.15, -0.1) is 16.4 Å². The Balaban J connectivity index is 1.45. The summed E-state index contributed by atoms with van der Waals surface area (Å²) in [5, 5.41) is 10.8. The van der Waals surface area contributed by atoms with Crippen molar-refractivity contribution >= 4 is 17.2 Å². The second-order valence-electron chi connectivity index (χ2n) is 5.96. The first-order valence-electron chi connectivity index (χ1n) is 7.74. The summed E-state index contributed by atoms with van der Waals surface area (Å²) < 4.78 is 10.2. The van der Waals surface area contributed by atoms with E-state index in [9.17, 15) is 4.79 Å². The van der Waals surface area contributed by atoms with Crippen molar-refractivity contribution in [2.45, 2.75) is 18.9 Å². The molecule has 1 atom stereocenters. The molecule has 8 heteroatoms. The van der Waals surface area contributed by atoms with Gasteiger partial charge in [-0.2, -0.15) is 0 Å². The normalized spacial score (nSPS) is 26.2. The fraction of sp³-hybridized carbons (Fsp3) is 0.533. The van der Waals surface area contributed by atoms with E-state index in [0.29, 0.717) is 16.7 Å². The number of piperidine rings is 3. The quantitative estimate of drug-likeness (QED) is 0.915. The molecule has 0 spiro atoms. The van der Waals surface area contributed by atoms with Crippen molar-refractivity contribution in [1.29, 1.82) is 0 Å². The number of fused-ring (bicyclic) bond motifs is 3. The number of hydrogen-bond acceptors (Lipinski definition) is 7. The van der Waals surface area contributed by atoms with Crippen molar-refractivity contribution < 1.29 is 13.9 Å². The summed E-state index contributed by atoms with van der Waals surface area (Å²) in [6, 6.07) is 3.88. The summed E-state index contributed by atoms with van der Waals surface area (Å²) in [7, 11) is 1.47. The fourth-order valence-electron chi connectivity index (χ4n) is 3.33. The zero-order chi connectivity index (χ0) is 15.8. The van der Waals surface area contributed by atoms with E-state index in [2.05, 4.69) is 20.4 Å². The van der Waals surface area contributed by atoms with Gasteiger partial charge in [0.25, 0.3) is 11.8 Å². The fourth-order valence-corrected chi connectivity index (χ4v) is 4.17. The van der Waals surface area contributed by atoms with Crippen LogP contribution in [0.2, 0.25) is 0 Å². The van der Waals surface area contributed by atoms with Gasteiger partial charge in [0.05, 0.1) is 16.9 Å². The molecule has 0 unspecified atom stereocenters. The maximum absolute atomic E-state index is 12.5. The van der Waals surface area contributed by atoms with Gasteiger partial charge in [-0.3, -0.25) is 4.79 Å². The molecule has 0 aromatic carbocycles. The van der Waals surface area contributed by atoms with Crippen LogP contribution in [0.3, 0.4) is 0 Å². The maximum Gasteiger partial charge on any atom is 0.414 e. The second-order valence-corrected chi connectivity index (χ2v) is 7.04. The number of methoxy groups -OCH3 is 1. The highest BCUT2D eigenvalue weighted by atomic mass is 32.1. The SMILES string of the molecule is COc1nnc(-c2ccc(C(=O)N[C@H]3CN4CCC3CC4)s2)o1. The van der Waals surface area contributed by atoms with Crippen LogP contribution in [-0.2, 0) is 0 Å². The van der Waals surface area contributed by atoms with Crippen LogP contribution in [0.25, 0.3) is 10.8 Å². The largest absolute Gasteiger partial charge is 0.452 e. The molecular weight excluding hydrogens is 316 g/mol. The van der Waals surface area contributed by atoms with E-state index >= 15 is 0 Å². The Labute approximate surface area is 137 Å². The van der Waals surface area contributed by atoms with Crippen LogP contribution in [0, 0.1) is 5.92 Å². The Bertz CT molecular complexity index is 705. The summed E-state index contributed by atoms with van der Waals surface area (Å²) in [5.41, 5.74) is 0. The van der Waals surface area contributed by atoms with Gasteiger partial charge in [0.15, 0.2) is 0 Å². The highest BCUT2D eigenvalue weighted by molar-refractivity contribution is 7.17. The van der Waals surface area contributed by atoms with Crippen molar-refractivity contribution in [3.63, 3.8) is 0 Å². The number of carbonyl (C=O) groups is 1. The minimum absolute atomic E-state index is 0.0218. The molecule has 3 aliphatic rings. The van der Waals surface area contributed by atoms with E-state index in [-0.39, 0.29) is 18.0 Å². The van der Waals surface area contributed by atoms with Crippen LogP contribution in [0.15, 0.2) is 16.5 Å². The number of hydrogen-bond donors (Lipinski definition) is 1. The van der Waals surface area contributed by atoms with E-state index < -0.39 is 0 Å². The predicted molar refractivity (Wildman–Crippen MR) is 84.6 cm³/mol. The van der Waals surface area contributed by atoms with Gasteiger partial charge in [0.1, 0.15) is 0 Å². The first-order chi connectivity index (χ1) is 11.2. The maximum atomic E-state index is 12.5. The molecule has 5 heterocycles. The summed E-state index contributed by atoms with van der Waals surface area (Å²) in [6.45, 7) is 3.30. The lowest BCUT2D eigenvalue weighted by molar-refractivity contribution is 0.0622. The van der Waals surface area contributed by atoms with E-state index in [4.69, 9.17) is 9.15 Å². The third-order valence-corrected chi connectivity index (χ3v) is 5.67. The highest BCUT2D eigenvalue weighted by Gasteiger charge is 2.35. The Morgan fingerprint density at radius 2 is 2.22 bits per heavy atom. The van der Waals surface area contributed by atoms with Gasteiger partial charge in [0.2, 0.25) is 0 Å². The molecular formula is C15H18N4O3S. The zero-order valence-corrected chi connectivity index (χ0v) is 13.6. The van der Waals surface area contributed by atoms with Crippen LogP contribution in [0.1, 0.15) is 22.5 Å². The first kappa shape index (κ1) is 14.6. The smallest absolute Gasteiger partial charge is 0.414 e. The number of aromatic nitrogens is 2. The molecule has 23 heavy (non-hydrogen) atoms. The van der Waals surface area contributed by atoms with Crippen LogP contribution >= 0.6 is 11.3 Å². The van der Waals surface area contributed by atoms with Crippen molar-refractivity contribution in [2.24, 2.45) is 5.92 Å². The Hall–Kier alpha value is -1.93. The molecule has 0 aliphatic carbocycles. The summed E-state index contributed by atoms with van der Waals surface area (Å²) >= 11 is 1.35. The summed E-state index contributed by atoms with van der Waals surface area (Å²) in [5.74, 6) is 0.962. The Kier molecular flexibility index (Phi) is 3.78. The summed E-state index contributed by atoms with van der Waals surface area (Å²) in [4.78, 5) is 16.3. The molecule has 122 valence electrons. The Morgan fingerprint density at radius 3 is 2.87 bits per heavy atom. The average Bonchev–Trinajstić information content (AvgIpc) is 3.25. The molecule has 7 nitrogen and oxygen atoms in total. The monoisotopic (exact) mass is 334 g/mol. The van der Waals surface area contributed by atoms with Gasteiger partial charge in [-0.05, 0) is 44.0 Å². The standard InChI is InChI=1S/C15H18N4O3S/c1-21-15-18-17-14(22-15)12-3-2-11(23-12)13(20)16-10-8-19-6-4-9(10)5-7-19/h2-3,9-10H,4-8H2,1H3,(H,16,20)/t10-/m0/s1. The lowest BCUT2D eigenvalue weighted by Gasteiger charge is -2.44. The molecule has 2 bridgehead atoms. The number of nitrogens with zero attached hydrogens (tertiary/aromatic N) is 3. The highest BCUT2D eigenvalue weighted by Crippen LogP contribution is 2.30. The molecule has 1 N–H and O–H groups in total. The zero-order valence-electron chi connectivity index (χ0n) is 12.8. The first-order valence-corrected chi connectivity index (χ1v) is 8.55. The van der Waals surface area contributed by atoms with E-state index in [1.165, 1.54) is 44.4 Å². The second kappa shape index (κ2) is 5.93. The van der Waals surface area contributed by atoms with Gasteiger partial charge < -0.3 is 19.4 Å². The number of rotatable bonds is 4. The van der Waals surface area contributed by atoms with Crippen LogP contribution in [-0.4, -0.2) is 53.8 Å². The van der Waals surface area contributed by atoms with Gasteiger partial charge in [-0.25, -0.2) is 0 Å².